The fourth-order valence-corrected chi connectivity index (χ4v) is 4.75. The van der Waals surface area contributed by atoms with Crippen LogP contribution in [0, 0.1) is 23.7 Å². The molecule has 4 N–H and O–H groups in total. The topological polar surface area (TPSA) is 125 Å². The third-order valence-corrected chi connectivity index (χ3v) is 7.31. The molecule has 1 aliphatic rings. The standard InChI is InChI=1S/C25H45N3O5/c1-7-15(8-2)26-22(29)18-13-20(24(31)28-17(11-5)12-6)21(25(32)33)14-19(18)23(30)27-16(9-3)10-4/h15-21H,7-14H2,1-6H3,(H,26,29)(H,27,30)(H,28,31)(H,32,33). The van der Waals surface area contributed by atoms with Crippen LogP contribution in [-0.2, 0) is 19.2 Å². The number of carboxylic acid groups (broad SMARTS) is 1. The minimum atomic E-state index is -1.10. The molecule has 0 heterocycles. The molecule has 190 valence electrons. The number of hydrogen-bond acceptors (Lipinski definition) is 4. The molecule has 0 saturated heterocycles. The average Bonchev–Trinajstić information content (AvgIpc) is 2.82. The third-order valence-electron chi connectivity index (χ3n) is 7.31. The van der Waals surface area contributed by atoms with E-state index in [2.05, 4.69) is 16.0 Å². The lowest BCUT2D eigenvalue weighted by molar-refractivity contribution is -0.155. The van der Waals surface area contributed by atoms with Gasteiger partial charge in [-0.15, -0.1) is 0 Å². The van der Waals surface area contributed by atoms with E-state index in [1.165, 1.54) is 0 Å². The normalized spacial score (nSPS) is 22.9. The Morgan fingerprint density at radius 2 is 0.818 bits per heavy atom. The van der Waals surface area contributed by atoms with E-state index >= 15 is 0 Å². The number of hydrogen-bond donors (Lipinski definition) is 4. The predicted octanol–water partition coefficient (Wildman–Crippen LogP) is 3.24. The van der Waals surface area contributed by atoms with Gasteiger partial charge in [0.1, 0.15) is 0 Å². The fraction of sp³-hybridized carbons (Fsp3) is 0.840. The van der Waals surface area contributed by atoms with Crippen molar-refractivity contribution in [2.75, 3.05) is 0 Å². The van der Waals surface area contributed by atoms with Crippen LogP contribution in [0.4, 0.5) is 0 Å². The van der Waals surface area contributed by atoms with E-state index in [-0.39, 0.29) is 48.7 Å². The van der Waals surface area contributed by atoms with Gasteiger partial charge in [-0.2, -0.15) is 0 Å². The number of carbonyl (C=O) groups is 4. The van der Waals surface area contributed by atoms with E-state index < -0.39 is 29.6 Å². The molecule has 0 aromatic carbocycles. The molecule has 1 fully saturated rings. The molecule has 0 spiro atoms. The SMILES string of the molecule is CCC(CC)NC(=O)C1CC(C(=O)NC(CC)CC)C(C(=O)NC(CC)CC)CC1C(=O)O. The van der Waals surface area contributed by atoms with Gasteiger partial charge in [-0.3, -0.25) is 19.2 Å². The van der Waals surface area contributed by atoms with Gasteiger partial charge >= 0.3 is 5.97 Å². The number of nitrogens with one attached hydrogen (secondary N) is 3. The third kappa shape index (κ3) is 8.00. The van der Waals surface area contributed by atoms with Gasteiger partial charge in [0.25, 0.3) is 0 Å². The van der Waals surface area contributed by atoms with Crippen molar-refractivity contribution < 1.29 is 24.3 Å². The second-order valence-electron chi connectivity index (χ2n) is 9.30. The van der Waals surface area contributed by atoms with Crippen LogP contribution in [0.5, 0.6) is 0 Å². The van der Waals surface area contributed by atoms with Crippen molar-refractivity contribution in [3.05, 3.63) is 0 Å². The highest BCUT2D eigenvalue weighted by Crippen LogP contribution is 2.39. The van der Waals surface area contributed by atoms with Crippen molar-refractivity contribution in [2.45, 2.75) is 111 Å². The number of rotatable bonds is 13. The Bertz CT molecular complexity index is 656. The number of carbonyl (C=O) groups excluding carboxylic acids is 3. The van der Waals surface area contributed by atoms with Crippen molar-refractivity contribution in [3.8, 4) is 0 Å². The zero-order chi connectivity index (χ0) is 25.1. The summed E-state index contributed by atoms with van der Waals surface area (Å²) in [5.74, 6) is -5.37. The first-order valence-corrected chi connectivity index (χ1v) is 12.8. The maximum absolute atomic E-state index is 13.3. The van der Waals surface area contributed by atoms with Gasteiger partial charge in [0.2, 0.25) is 17.7 Å². The Kier molecular flexibility index (Phi) is 12.4. The zero-order valence-electron chi connectivity index (χ0n) is 21.3. The molecule has 0 aliphatic heterocycles. The van der Waals surface area contributed by atoms with Gasteiger partial charge in [-0.05, 0) is 51.4 Å². The quantitative estimate of drug-likeness (QED) is 0.331. The van der Waals surface area contributed by atoms with Crippen LogP contribution in [0.15, 0.2) is 0 Å². The molecular weight excluding hydrogens is 422 g/mol. The Morgan fingerprint density at radius 1 is 0.576 bits per heavy atom. The first-order valence-electron chi connectivity index (χ1n) is 12.8. The molecule has 0 aromatic heterocycles. The highest BCUT2D eigenvalue weighted by molar-refractivity contribution is 5.92. The van der Waals surface area contributed by atoms with Gasteiger partial charge < -0.3 is 21.1 Å². The Balaban J connectivity index is 3.26. The minimum Gasteiger partial charge on any atom is -0.481 e. The van der Waals surface area contributed by atoms with Crippen LogP contribution >= 0.6 is 0 Å². The van der Waals surface area contributed by atoms with E-state index in [1.54, 1.807) is 0 Å². The molecular formula is C25H45N3O5. The molecule has 8 heteroatoms. The van der Waals surface area contributed by atoms with Crippen molar-refractivity contribution >= 4 is 23.7 Å². The smallest absolute Gasteiger partial charge is 0.307 e. The number of amides is 3. The molecule has 0 aromatic rings. The Morgan fingerprint density at radius 3 is 1.06 bits per heavy atom. The van der Waals surface area contributed by atoms with E-state index in [4.69, 9.17) is 0 Å². The summed E-state index contributed by atoms with van der Waals surface area (Å²) in [4.78, 5) is 51.7. The molecule has 33 heavy (non-hydrogen) atoms. The van der Waals surface area contributed by atoms with E-state index in [0.717, 1.165) is 38.5 Å². The molecule has 4 atom stereocenters. The number of aliphatic carboxylic acids is 1. The second-order valence-corrected chi connectivity index (χ2v) is 9.30. The lowest BCUT2D eigenvalue weighted by Crippen LogP contribution is -2.54. The maximum atomic E-state index is 13.3. The predicted molar refractivity (Wildman–Crippen MR) is 128 cm³/mol. The lowest BCUT2D eigenvalue weighted by Gasteiger charge is -2.39. The summed E-state index contributed by atoms with van der Waals surface area (Å²) in [6.07, 6.45) is 4.54. The van der Waals surface area contributed by atoms with Gasteiger partial charge in [-0.25, -0.2) is 0 Å². The molecule has 0 bridgehead atoms. The van der Waals surface area contributed by atoms with Crippen LogP contribution in [0.25, 0.3) is 0 Å². The Labute approximate surface area is 199 Å². The summed E-state index contributed by atoms with van der Waals surface area (Å²) in [6.45, 7) is 11.9. The van der Waals surface area contributed by atoms with Crippen LogP contribution in [-0.4, -0.2) is 46.9 Å². The highest BCUT2D eigenvalue weighted by Gasteiger charge is 2.49. The molecule has 0 radical (unpaired) electrons. The van der Waals surface area contributed by atoms with Crippen LogP contribution in [0.2, 0.25) is 0 Å². The van der Waals surface area contributed by atoms with Gasteiger partial charge in [0, 0.05) is 18.1 Å². The van der Waals surface area contributed by atoms with Crippen molar-refractivity contribution in [2.24, 2.45) is 23.7 Å². The lowest BCUT2D eigenvalue weighted by atomic mass is 9.66. The minimum absolute atomic E-state index is 0.0192. The molecule has 1 rings (SSSR count). The summed E-state index contributed by atoms with van der Waals surface area (Å²) < 4.78 is 0. The van der Waals surface area contributed by atoms with E-state index in [9.17, 15) is 24.3 Å². The van der Waals surface area contributed by atoms with Crippen LogP contribution < -0.4 is 16.0 Å². The van der Waals surface area contributed by atoms with Crippen molar-refractivity contribution in [1.82, 2.24) is 16.0 Å². The second kappa shape index (κ2) is 14.2. The Hall–Kier alpha value is -2.12. The summed E-state index contributed by atoms with van der Waals surface area (Å²) in [5, 5.41) is 18.9. The maximum Gasteiger partial charge on any atom is 0.307 e. The van der Waals surface area contributed by atoms with E-state index in [1.807, 2.05) is 41.5 Å². The van der Waals surface area contributed by atoms with Crippen molar-refractivity contribution in [1.29, 1.82) is 0 Å². The van der Waals surface area contributed by atoms with Crippen LogP contribution in [0.3, 0.4) is 0 Å². The van der Waals surface area contributed by atoms with E-state index in [0.29, 0.717) is 0 Å². The van der Waals surface area contributed by atoms with Crippen LogP contribution in [0.1, 0.15) is 92.9 Å². The van der Waals surface area contributed by atoms with Gasteiger partial charge in [0.15, 0.2) is 0 Å². The summed E-state index contributed by atoms with van der Waals surface area (Å²) in [6, 6.07) is -0.0895. The zero-order valence-corrected chi connectivity index (χ0v) is 21.3. The van der Waals surface area contributed by atoms with Gasteiger partial charge in [0.05, 0.1) is 23.7 Å². The summed E-state index contributed by atoms with van der Waals surface area (Å²) >= 11 is 0. The molecule has 1 aliphatic carbocycles. The molecule has 3 amide bonds. The first-order chi connectivity index (χ1) is 15.7. The highest BCUT2D eigenvalue weighted by atomic mass is 16.4. The van der Waals surface area contributed by atoms with Crippen molar-refractivity contribution in [3.63, 3.8) is 0 Å². The molecule has 1 saturated carbocycles. The summed E-state index contributed by atoms with van der Waals surface area (Å²) in [7, 11) is 0. The average molecular weight is 468 g/mol. The molecule has 4 unspecified atom stereocenters. The first kappa shape index (κ1) is 28.9. The summed E-state index contributed by atoms with van der Waals surface area (Å²) in [5.41, 5.74) is 0. The number of carboxylic acids is 1. The monoisotopic (exact) mass is 467 g/mol. The van der Waals surface area contributed by atoms with Gasteiger partial charge in [-0.1, -0.05) is 41.5 Å². The molecule has 8 nitrogen and oxygen atoms in total. The fourth-order valence-electron chi connectivity index (χ4n) is 4.75. The largest absolute Gasteiger partial charge is 0.481 e.